The molecule has 0 bridgehead atoms. The normalized spacial score (nSPS) is 11.9. The number of nitrogens with one attached hydrogen (secondary N) is 1. The summed E-state index contributed by atoms with van der Waals surface area (Å²) in [6, 6.07) is 14.8. The van der Waals surface area contributed by atoms with Crippen LogP contribution in [0.4, 0.5) is 0 Å². The lowest BCUT2D eigenvalue weighted by Gasteiger charge is -2.08. The highest BCUT2D eigenvalue weighted by Crippen LogP contribution is 2.12. The third-order valence-corrected chi connectivity index (χ3v) is 5.29. The summed E-state index contributed by atoms with van der Waals surface area (Å²) >= 11 is 0. The highest BCUT2D eigenvalue weighted by molar-refractivity contribution is 7.89. The Balaban J connectivity index is 1.67. The Morgan fingerprint density at radius 2 is 1.83 bits per heavy atom. The van der Waals surface area contributed by atoms with Crippen LogP contribution in [0.25, 0.3) is 11.0 Å². The highest BCUT2D eigenvalue weighted by atomic mass is 32.2. The molecule has 0 aliphatic carbocycles. The first-order valence-corrected chi connectivity index (χ1v) is 9.07. The molecule has 3 rings (SSSR count). The Morgan fingerprint density at radius 1 is 1.09 bits per heavy atom. The Kier molecular flexibility index (Phi) is 4.45. The smallest absolute Gasteiger partial charge is 0.240 e. The molecule has 120 valence electrons. The second-order valence-corrected chi connectivity index (χ2v) is 7.09. The molecule has 3 aromatic rings. The molecular formula is C17H19N3O2S. The topological polar surface area (TPSA) is 64.0 Å². The zero-order valence-corrected chi connectivity index (χ0v) is 13.8. The van der Waals surface area contributed by atoms with Crippen LogP contribution >= 0.6 is 0 Å². The van der Waals surface area contributed by atoms with Crippen LogP contribution in [0.2, 0.25) is 0 Å². The van der Waals surface area contributed by atoms with Gasteiger partial charge in [-0.15, -0.1) is 0 Å². The molecule has 0 radical (unpaired) electrons. The summed E-state index contributed by atoms with van der Waals surface area (Å²) < 4.78 is 29.2. The number of sulfonamides is 1. The van der Waals surface area contributed by atoms with Crippen molar-refractivity contribution < 1.29 is 8.42 Å². The molecule has 5 nitrogen and oxygen atoms in total. The van der Waals surface area contributed by atoms with E-state index in [-0.39, 0.29) is 0 Å². The first kappa shape index (κ1) is 15.7. The largest absolute Gasteiger partial charge is 0.329 e. The Hall–Kier alpha value is -2.18. The molecule has 0 atom stereocenters. The van der Waals surface area contributed by atoms with E-state index in [0.717, 1.165) is 23.0 Å². The fraction of sp³-hybridized carbons (Fsp3) is 0.235. The van der Waals surface area contributed by atoms with Gasteiger partial charge in [-0.2, -0.15) is 0 Å². The van der Waals surface area contributed by atoms with Crippen molar-refractivity contribution in [1.29, 1.82) is 0 Å². The van der Waals surface area contributed by atoms with Crippen molar-refractivity contribution in [3.05, 3.63) is 60.4 Å². The average Bonchev–Trinajstić information content (AvgIpc) is 2.98. The molecule has 0 amide bonds. The van der Waals surface area contributed by atoms with E-state index in [0.29, 0.717) is 18.0 Å². The van der Waals surface area contributed by atoms with E-state index in [1.54, 1.807) is 18.5 Å². The number of aromatic nitrogens is 2. The predicted molar refractivity (Wildman–Crippen MR) is 90.7 cm³/mol. The van der Waals surface area contributed by atoms with Crippen LogP contribution in [0, 0.1) is 0 Å². The maximum atomic E-state index is 12.3. The summed E-state index contributed by atoms with van der Waals surface area (Å²) in [5.74, 6) is 0. The van der Waals surface area contributed by atoms with E-state index in [1.165, 1.54) is 0 Å². The maximum Gasteiger partial charge on any atom is 0.240 e. The van der Waals surface area contributed by atoms with E-state index in [9.17, 15) is 8.42 Å². The molecule has 0 saturated carbocycles. The first-order chi connectivity index (χ1) is 11.1. The summed E-state index contributed by atoms with van der Waals surface area (Å²) in [6.07, 6.45) is 2.62. The van der Waals surface area contributed by atoms with Gasteiger partial charge in [0.2, 0.25) is 10.0 Å². The van der Waals surface area contributed by atoms with E-state index in [4.69, 9.17) is 0 Å². The van der Waals surface area contributed by atoms with Crippen LogP contribution in [0.3, 0.4) is 0 Å². The van der Waals surface area contributed by atoms with Gasteiger partial charge in [0.05, 0.1) is 22.3 Å². The van der Waals surface area contributed by atoms with Crippen molar-refractivity contribution in [2.75, 3.05) is 6.54 Å². The molecule has 0 aliphatic heterocycles. The lowest BCUT2D eigenvalue weighted by molar-refractivity contribution is 0.574. The van der Waals surface area contributed by atoms with Gasteiger partial charge in [0.15, 0.2) is 0 Å². The molecule has 2 aromatic carbocycles. The lowest BCUT2D eigenvalue weighted by Crippen LogP contribution is -2.27. The van der Waals surface area contributed by atoms with Crippen LogP contribution in [-0.2, 0) is 23.0 Å². The molecule has 1 heterocycles. The van der Waals surface area contributed by atoms with Crippen molar-refractivity contribution in [1.82, 2.24) is 14.3 Å². The maximum absolute atomic E-state index is 12.3. The van der Waals surface area contributed by atoms with Gasteiger partial charge in [-0.1, -0.05) is 31.2 Å². The molecule has 6 heteroatoms. The van der Waals surface area contributed by atoms with Crippen LogP contribution < -0.4 is 4.72 Å². The number of fused-ring (bicyclic) bond motifs is 1. The number of nitrogens with zero attached hydrogens (tertiary/aromatic N) is 2. The number of imidazole rings is 1. The zero-order chi connectivity index (χ0) is 16.3. The van der Waals surface area contributed by atoms with E-state index < -0.39 is 10.0 Å². The molecule has 1 N–H and O–H groups in total. The minimum absolute atomic E-state index is 0.296. The van der Waals surface area contributed by atoms with Gasteiger partial charge in [-0.05, 0) is 36.2 Å². The molecule has 0 aliphatic rings. The minimum Gasteiger partial charge on any atom is -0.329 e. The third kappa shape index (κ3) is 3.43. The molecular weight excluding hydrogens is 310 g/mol. The number of aryl methyl sites for hydroxylation is 1. The standard InChI is InChI=1S/C17H19N3O2S/c1-2-14-7-9-15(10-8-14)23(21,22)19-11-12-20-13-18-16-5-3-4-6-17(16)20/h3-10,13,19H,2,11-12H2,1H3. The Morgan fingerprint density at radius 3 is 2.57 bits per heavy atom. The lowest BCUT2D eigenvalue weighted by atomic mass is 10.2. The van der Waals surface area contributed by atoms with Crippen LogP contribution in [0.5, 0.6) is 0 Å². The number of benzene rings is 2. The highest BCUT2D eigenvalue weighted by Gasteiger charge is 2.13. The van der Waals surface area contributed by atoms with Gasteiger partial charge >= 0.3 is 0 Å². The summed E-state index contributed by atoms with van der Waals surface area (Å²) in [4.78, 5) is 4.59. The quantitative estimate of drug-likeness (QED) is 0.756. The van der Waals surface area contributed by atoms with E-state index >= 15 is 0 Å². The molecule has 0 saturated heterocycles. The van der Waals surface area contributed by atoms with Gasteiger partial charge in [-0.3, -0.25) is 0 Å². The van der Waals surface area contributed by atoms with Gasteiger partial charge in [-0.25, -0.2) is 18.1 Å². The van der Waals surface area contributed by atoms with Gasteiger partial charge < -0.3 is 4.57 Å². The Labute approximate surface area is 136 Å². The third-order valence-electron chi connectivity index (χ3n) is 3.81. The monoisotopic (exact) mass is 329 g/mol. The second kappa shape index (κ2) is 6.52. The summed E-state index contributed by atoms with van der Waals surface area (Å²) in [5, 5.41) is 0. The number of rotatable bonds is 6. The average molecular weight is 329 g/mol. The van der Waals surface area contributed by atoms with E-state index in [1.807, 2.05) is 47.9 Å². The van der Waals surface area contributed by atoms with E-state index in [2.05, 4.69) is 9.71 Å². The summed E-state index contributed by atoms with van der Waals surface area (Å²) in [5.41, 5.74) is 3.03. The Bertz CT molecular complexity index is 899. The van der Waals surface area contributed by atoms with Gasteiger partial charge in [0.1, 0.15) is 0 Å². The van der Waals surface area contributed by atoms with Crippen molar-refractivity contribution in [3.63, 3.8) is 0 Å². The molecule has 0 unspecified atom stereocenters. The SMILES string of the molecule is CCc1ccc(S(=O)(=O)NCCn2cnc3ccccc32)cc1. The molecule has 1 aromatic heterocycles. The predicted octanol–water partition coefficient (Wildman–Crippen LogP) is 2.58. The molecule has 23 heavy (non-hydrogen) atoms. The molecule has 0 spiro atoms. The number of hydrogen-bond acceptors (Lipinski definition) is 3. The van der Waals surface area contributed by atoms with Crippen molar-refractivity contribution >= 4 is 21.1 Å². The fourth-order valence-corrected chi connectivity index (χ4v) is 3.50. The van der Waals surface area contributed by atoms with Crippen molar-refractivity contribution in [2.45, 2.75) is 24.8 Å². The summed E-state index contributed by atoms with van der Waals surface area (Å²) in [6.45, 7) is 2.89. The second-order valence-electron chi connectivity index (χ2n) is 5.32. The van der Waals surface area contributed by atoms with Crippen LogP contribution in [0.15, 0.2) is 59.8 Å². The zero-order valence-electron chi connectivity index (χ0n) is 12.9. The number of para-hydroxylation sites is 2. The van der Waals surface area contributed by atoms with Crippen LogP contribution in [-0.4, -0.2) is 24.5 Å². The number of hydrogen-bond donors (Lipinski definition) is 1. The fourth-order valence-electron chi connectivity index (χ4n) is 2.48. The molecule has 0 fully saturated rings. The van der Waals surface area contributed by atoms with Gasteiger partial charge in [0.25, 0.3) is 0 Å². The minimum atomic E-state index is -3.48. The van der Waals surface area contributed by atoms with Crippen LogP contribution in [0.1, 0.15) is 12.5 Å². The van der Waals surface area contributed by atoms with Gasteiger partial charge in [0, 0.05) is 13.1 Å². The van der Waals surface area contributed by atoms with Crippen molar-refractivity contribution in [3.8, 4) is 0 Å². The summed E-state index contributed by atoms with van der Waals surface area (Å²) in [7, 11) is -3.48. The first-order valence-electron chi connectivity index (χ1n) is 7.58. The van der Waals surface area contributed by atoms with Crippen molar-refractivity contribution in [2.24, 2.45) is 0 Å².